The van der Waals surface area contributed by atoms with Gasteiger partial charge in [0.25, 0.3) is 0 Å². The molecule has 2 aromatic carbocycles. The van der Waals surface area contributed by atoms with Crippen molar-refractivity contribution < 1.29 is 4.39 Å². The van der Waals surface area contributed by atoms with E-state index in [1.807, 2.05) is 29.6 Å². The molecule has 0 aliphatic heterocycles. The summed E-state index contributed by atoms with van der Waals surface area (Å²) >= 11 is 13.8. The Morgan fingerprint density at radius 1 is 1.05 bits per heavy atom. The molecule has 1 atom stereocenters. The Balaban J connectivity index is 2.10. The van der Waals surface area contributed by atoms with Gasteiger partial charge in [-0.1, -0.05) is 35.9 Å². The zero-order valence-electron chi connectivity index (χ0n) is 9.74. The standard InChI is InChI=1S/C15H9Cl2FS/c16-9-5-6-11(13(18)7-9)15(17)12-8-19-14-4-2-1-3-10(12)14/h1-8,15H. The maximum atomic E-state index is 13.9. The Kier molecular flexibility index (Phi) is 3.48. The van der Waals surface area contributed by atoms with E-state index in [-0.39, 0.29) is 5.82 Å². The number of alkyl halides is 1. The minimum atomic E-state index is -0.506. The molecular formula is C15H9Cl2FS. The SMILES string of the molecule is Fc1cc(Cl)ccc1C(Cl)c1csc2ccccc12. The molecule has 0 nitrogen and oxygen atoms in total. The van der Waals surface area contributed by atoms with Gasteiger partial charge in [0, 0.05) is 15.3 Å². The summed E-state index contributed by atoms with van der Waals surface area (Å²) in [5.74, 6) is -0.372. The van der Waals surface area contributed by atoms with Gasteiger partial charge < -0.3 is 0 Å². The van der Waals surface area contributed by atoms with Crippen LogP contribution < -0.4 is 0 Å². The van der Waals surface area contributed by atoms with E-state index in [2.05, 4.69) is 0 Å². The molecule has 1 aromatic heterocycles. The zero-order valence-corrected chi connectivity index (χ0v) is 12.1. The third-order valence-electron chi connectivity index (χ3n) is 3.02. The molecule has 0 fully saturated rings. The van der Waals surface area contributed by atoms with Gasteiger partial charge in [-0.3, -0.25) is 0 Å². The minimum Gasteiger partial charge on any atom is -0.207 e. The number of thiophene rings is 1. The second-order valence-corrected chi connectivity index (χ2v) is 6.00. The first-order valence-electron chi connectivity index (χ1n) is 5.72. The van der Waals surface area contributed by atoms with Gasteiger partial charge in [-0.15, -0.1) is 22.9 Å². The number of benzene rings is 2. The van der Waals surface area contributed by atoms with Crippen molar-refractivity contribution in [2.24, 2.45) is 0 Å². The first-order chi connectivity index (χ1) is 9.16. The van der Waals surface area contributed by atoms with Crippen LogP contribution in [-0.4, -0.2) is 0 Å². The number of hydrogen-bond donors (Lipinski definition) is 0. The van der Waals surface area contributed by atoms with Crippen LogP contribution in [0.15, 0.2) is 47.8 Å². The van der Waals surface area contributed by atoms with E-state index in [0.717, 1.165) is 15.6 Å². The molecule has 96 valence electrons. The van der Waals surface area contributed by atoms with Gasteiger partial charge in [0.15, 0.2) is 0 Å². The van der Waals surface area contributed by atoms with E-state index < -0.39 is 5.38 Å². The van der Waals surface area contributed by atoms with Crippen molar-refractivity contribution in [2.45, 2.75) is 5.38 Å². The van der Waals surface area contributed by atoms with Crippen LogP contribution in [0.25, 0.3) is 10.1 Å². The fourth-order valence-electron chi connectivity index (χ4n) is 2.07. The van der Waals surface area contributed by atoms with Gasteiger partial charge >= 0.3 is 0 Å². The summed E-state index contributed by atoms with van der Waals surface area (Å²) in [4.78, 5) is 0. The molecule has 0 spiro atoms. The molecule has 3 aromatic rings. The topological polar surface area (TPSA) is 0 Å². The molecule has 0 bridgehead atoms. The molecule has 0 radical (unpaired) electrons. The fourth-order valence-corrected chi connectivity index (χ4v) is 3.65. The lowest BCUT2D eigenvalue weighted by Gasteiger charge is -2.10. The van der Waals surface area contributed by atoms with Crippen LogP contribution in [0, 0.1) is 5.82 Å². The quantitative estimate of drug-likeness (QED) is 0.507. The normalized spacial score (nSPS) is 12.8. The van der Waals surface area contributed by atoms with Gasteiger partial charge in [-0.2, -0.15) is 0 Å². The third kappa shape index (κ3) is 2.36. The predicted octanol–water partition coefficient (Wildman–Crippen LogP) is 6.02. The van der Waals surface area contributed by atoms with E-state index in [0.29, 0.717) is 10.6 Å². The first kappa shape index (κ1) is 12.9. The molecule has 3 rings (SSSR count). The summed E-state index contributed by atoms with van der Waals surface area (Å²) in [5.41, 5.74) is 1.39. The van der Waals surface area contributed by atoms with Gasteiger partial charge in [0.1, 0.15) is 5.82 Å². The van der Waals surface area contributed by atoms with E-state index in [9.17, 15) is 4.39 Å². The van der Waals surface area contributed by atoms with Gasteiger partial charge in [-0.05, 0) is 34.5 Å². The molecule has 0 N–H and O–H groups in total. The average Bonchev–Trinajstić information content (AvgIpc) is 2.82. The van der Waals surface area contributed by atoms with Crippen LogP contribution in [0.4, 0.5) is 4.39 Å². The Labute approximate surface area is 124 Å². The van der Waals surface area contributed by atoms with E-state index in [1.165, 1.54) is 6.07 Å². The number of halogens is 3. The van der Waals surface area contributed by atoms with Crippen LogP contribution >= 0.6 is 34.5 Å². The van der Waals surface area contributed by atoms with Crippen LogP contribution in [0.1, 0.15) is 16.5 Å². The van der Waals surface area contributed by atoms with Crippen LogP contribution in [0.3, 0.4) is 0 Å². The molecule has 0 amide bonds. The predicted molar refractivity (Wildman–Crippen MR) is 80.9 cm³/mol. The van der Waals surface area contributed by atoms with Crippen LogP contribution in [-0.2, 0) is 0 Å². The second kappa shape index (κ2) is 5.12. The Morgan fingerprint density at radius 3 is 2.63 bits per heavy atom. The Bertz CT molecular complexity index is 736. The van der Waals surface area contributed by atoms with Crippen molar-refractivity contribution in [3.05, 3.63) is 69.8 Å². The highest BCUT2D eigenvalue weighted by Gasteiger charge is 2.18. The van der Waals surface area contributed by atoms with Crippen molar-refractivity contribution >= 4 is 44.6 Å². The maximum Gasteiger partial charge on any atom is 0.129 e. The summed E-state index contributed by atoms with van der Waals surface area (Å²) < 4.78 is 15.1. The molecule has 4 heteroatoms. The first-order valence-corrected chi connectivity index (χ1v) is 7.41. The van der Waals surface area contributed by atoms with E-state index in [1.54, 1.807) is 23.5 Å². The van der Waals surface area contributed by atoms with Crippen LogP contribution in [0.5, 0.6) is 0 Å². The molecule has 1 unspecified atom stereocenters. The van der Waals surface area contributed by atoms with Gasteiger partial charge in [0.2, 0.25) is 0 Å². The van der Waals surface area contributed by atoms with Gasteiger partial charge in [-0.25, -0.2) is 4.39 Å². The lowest BCUT2D eigenvalue weighted by atomic mass is 10.0. The maximum absolute atomic E-state index is 13.9. The highest BCUT2D eigenvalue weighted by molar-refractivity contribution is 7.17. The minimum absolute atomic E-state index is 0.372. The average molecular weight is 311 g/mol. The summed E-state index contributed by atoms with van der Waals surface area (Å²) in [6.07, 6.45) is 0. The Morgan fingerprint density at radius 2 is 1.84 bits per heavy atom. The van der Waals surface area contributed by atoms with E-state index >= 15 is 0 Å². The zero-order chi connectivity index (χ0) is 13.4. The highest BCUT2D eigenvalue weighted by Crippen LogP contribution is 2.38. The highest BCUT2D eigenvalue weighted by atomic mass is 35.5. The van der Waals surface area contributed by atoms with Crippen LogP contribution in [0.2, 0.25) is 5.02 Å². The lowest BCUT2D eigenvalue weighted by molar-refractivity contribution is 0.613. The molecular weight excluding hydrogens is 302 g/mol. The molecule has 19 heavy (non-hydrogen) atoms. The summed E-state index contributed by atoms with van der Waals surface area (Å²) in [7, 11) is 0. The lowest BCUT2D eigenvalue weighted by Crippen LogP contribution is -1.96. The molecule has 0 saturated heterocycles. The van der Waals surface area contributed by atoms with Gasteiger partial charge in [0.05, 0.1) is 5.38 Å². The van der Waals surface area contributed by atoms with Crippen molar-refractivity contribution in [2.75, 3.05) is 0 Å². The van der Waals surface area contributed by atoms with Crippen molar-refractivity contribution in [1.82, 2.24) is 0 Å². The molecule has 0 aliphatic rings. The smallest absolute Gasteiger partial charge is 0.129 e. The number of hydrogen-bond acceptors (Lipinski definition) is 1. The fraction of sp³-hybridized carbons (Fsp3) is 0.0667. The second-order valence-electron chi connectivity index (χ2n) is 4.22. The van der Waals surface area contributed by atoms with Crippen molar-refractivity contribution in [3.63, 3.8) is 0 Å². The summed E-state index contributed by atoms with van der Waals surface area (Å²) in [6, 6.07) is 12.6. The molecule has 1 heterocycles. The number of rotatable bonds is 2. The number of fused-ring (bicyclic) bond motifs is 1. The Hall–Kier alpha value is -1.09. The van der Waals surface area contributed by atoms with Crippen molar-refractivity contribution in [3.8, 4) is 0 Å². The summed E-state index contributed by atoms with van der Waals surface area (Å²) in [5, 5.41) is 2.92. The van der Waals surface area contributed by atoms with E-state index in [4.69, 9.17) is 23.2 Å². The third-order valence-corrected chi connectivity index (χ3v) is 4.71. The monoisotopic (exact) mass is 310 g/mol. The molecule has 0 saturated carbocycles. The largest absolute Gasteiger partial charge is 0.207 e. The summed E-state index contributed by atoms with van der Waals surface area (Å²) in [6.45, 7) is 0. The van der Waals surface area contributed by atoms with Crippen molar-refractivity contribution in [1.29, 1.82) is 0 Å². The molecule has 0 aliphatic carbocycles.